The summed E-state index contributed by atoms with van der Waals surface area (Å²) in [5, 5.41) is 10.2. The maximum atomic E-state index is 12.7. The molecule has 2 aromatic carbocycles. The van der Waals surface area contributed by atoms with E-state index in [4.69, 9.17) is 14.6 Å². The first-order valence-electron chi connectivity index (χ1n) is 8.42. The zero-order chi connectivity index (χ0) is 19.8. The van der Waals surface area contributed by atoms with E-state index in [0.717, 1.165) is 15.6 Å². The molecular formula is C20H16N2O5S. The maximum absolute atomic E-state index is 12.7. The number of benzene rings is 2. The fraction of sp³-hybridized carbons (Fsp3) is 0.150. The Morgan fingerprint density at radius 1 is 1.21 bits per heavy atom. The number of fused-ring (bicyclic) bond motifs is 3. The Balaban J connectivity index is 1.81. The average Bonchev–Trinajstić information content (AvgIpc) is 3.03. The second-order valence-electron chi connectivity index (χ2n) is 6.24. The van der Waals surface area contributed by atoms with E-state index < -0.39 is 12.6 Å². The summed E-state index contributed by atoms with van der Waals surface area (Å²) in [5.74, 6) is -0.0192. The smallest absolute Gasteiger partial charge is 0.341 e. The van der Waals surface area contributed by atoms with E-state index in [2.05, 4.69) is 9.97 Å². The van der Waals surface area contributed by atoms with Gasteiger partial charge in [0.15, 0.2) is 18.1 Å². The number of aromatic nitrogens is 2. The number of thiophene rings is 1. The number of H-pyrrole nitrogens is 1. The Kier molecular flexibility index (Phi) is 4.48. The van der Waals surface area contributed by atoms with Crippen LogP contribution in [0, 0.1) is 6.92 Å². The highest BCUT2D eigenvalue weighted by atomic mass is 32.1. The van der Waals surface area contributed by atoms with Crippen molar-refractivity contribution in [2.75, 3.05) is 13.7 Å². The minimum atomic E-state index is -1.08. The largest absolute Gasteiger partial charge is 0.493 e. The van der Waals surface area contributed by atoms with E-state index in [-0.39, 0.29) is 5.56 Å². The number of carboxylic acids is 1. The highest BCUT2D eigenvalue weighted by molar-refractivity contribution is 7.25. The van der Waals surface area contributed by atoms with Crippen molar-refractivity contribution >= 4 is 37.6 Å². The van der Waals surface area contributed by atoms with Crippen LogP contribution in [0.4, 0.5) is 0 Å². The summed E-state index contributed by atoms with van der Waals surface area (Å²) in [7, 11) is 1.46. The number of aryl methyl sites for hydroxylation is 1. The molecule has 0 bridgehead atoms. The summed E-state index contributed by atoms with van der Waals surface area (Å²) in [6, 6.07) is 10.9. The van der Waals surface area contributed by atoms with E-state index in [0.29, 0.717) is 33.1 Å². The molecule has 0 unspecified atom stereocenters. The molecule has 142 valence electrons. The molecule has 4 aromatic rings. The van der Waals surface area contributed by atoms with Crippen molar-refractivity contribution in [3.63, 3.8) is 0 Å². The molecular weight excluding hydrogens is 380 g/mol. The van der Waals surface area contributed by atoms with Crippen LogP contribution >= 0.6 is 11.3 Å². The number of aliphatic carboxylic acids is 1. The predicted molar refractivity (Wildman–Crippen MR) is 108 cm³/mol. The maximum Gasteiger partial charge on any atom is 0.341 e. The van der Waals surface area contributed by atoms with Gasteiger partial charge in [-0.05, 0) is 36.8 Å². The minimum absolute atomic E-state index is 0.208. The number of hydrogen-bond donors (Lipinski definition) is 2. The molecule has 0 radical (unpaired) electrons. The number of ether oxygens (including phenoxy) is 2. The fourth-order valence-electron chi connectivity index (χ4n) is 3.00. The van der Waals surface area contributed by atoms with Crippen molar-refractivity contribution in [3.05, 3.63) is 52.3 Å². The summed E-state index contributed by atoms with van der Waals surface area (Å²) in [6.07, 6.45) is 0. The van der Waals surface area contributed by atoms with Crippen molar-refractivity contribution in [1.29, 1.82) is 0 Å². The molecule has 0 aliphatic carbocycles. The van der Waals surface area contributed by atoms with Crippen LogP contribution in [0.15, 0.2) is 41.2 Å². The molecule has 0 atom stereocenters. The van der Waals surface area contributed by atoms with Gasteiger partial charge >= 0.3 is 5.97 Å². The van der Waals surface area contributed by atoms with Gasteiger partial charge in [-0.1, -0.05) is 12.1 Å². The van der Waals surface area contributed by atoms with Gasteiger partial charge in [0.2, 0.25) is 0 Å². The number of hydrogen-bond acceptors (Lipinski definition) is 6. The Morgan fingerprint density at radius 3 is 2.79 bits per heavy atom. The Bertz CT molecular complexity index is 1280. The Morgan fingerprint density at radius 2 is 2.04 bits per heavy atom. The van der Waals surface area contributed by atoms with Crippen molar-refractivity contribution in [2.24, 2.45) is 0 Å². The molecule has 0 saturated heterocycles. The quantitative estimate of drug-likeness (QED) is 0.535. The van der Waals surface area contributed by atoms with Gasteiger partial charge in [-0.2, -0.15) is 0 Å². The standard InChI is InChI=1S/C20H16N2O5S/c1-10-3-5-12-15(7-10)28-20-17(12)19(25)21-18(22-20)11-4-6-13(14(8-11)26-2)27-9-16(23)24/h3-8H,9H2,1-2H3,(H,23,24)(H,21,22,25). The zero-order valence-corrected chi connectivity index (χ0v) is 15.9. The van der Waals surface area contributed by atoms with E-state index in [1.54, 1.807) is 18.2 Å². The third-order valence-electron chi connectivity index (χ3n) is 4.29. The van der Waals surface area contributed by atoms with Crippen LogP contribution in [0.25, 0.3) is 31.7 Å². The molecule has 4 rings (SSSR count). The molecule has 0 saturated carbocycles. The number of rotatable bonds is 5. The summed E-state index contributed by atoms with van der Waals surface area (Å²) < 4.78 is 11.5. The van der Waals surface area contributed by atoms with Gasteiger partial charge in [0.25, 0.3) is 5.56 Å². The van der Waals surface area contributed by atoms with Crippen molar-refractivity contribution in [2.45, 2.75) is 6.92 Å². The van der Waals surface area contributed by atoms with E-state index in [1.807, 2.05) is 25.1 Å². The van der Waals surface area contributed by atoms with Crippen LogP contribution in [0.2, 0.25) is 0 Å². The van der Waals surface area contributed by atoms with E-state index in [9.17, 15) is 9.59 Å². The predicted octanol–water partition coefficient (Wildman–Crippen LogP) is 3.59. The molecule has 0 amide bonds. The first-order chi connectivity index (χ1) is 13.5. The first kappa shape index (κ1) is 18.0. The van der Waals surface area contributed by atoms with Crippen LogP contribution < -0.4 is 15.0 Å². The first-order valence-corrected chi connectivity index (χ1v) is 9.24. The molecule has 2 aromatic heterocycles. The topological polar surface area (TPSA) is 102 Å². The highest BCUT2D eigenvalue weighted by Crippen LogP contribution is 2.34. The summed E-state index contributed by atoms with van der Waals surface area (Å²) in [6.45, 7) is 1.53. The molecule has 2 N–H and O–H groups in total. The van der Waals surface area contributed by atoms with Gasteiger partial charge in [0.1, 0.15) is 10.7 Å². The third-order valence-corrected chi connectivity index (χ3v) is 5.33. The zero-order valence-electron chi connectivity index (χ0n) is 15.1. The number of methoxy groups -OCH3 is 1. The lowest BCUT2D eigenvalue weighted by molar-refractivity contribution is -0.139. The molecule has 28 heavy (non-hydrogen) atoms. The molecule has 0 fully saturated rings. The molecule has 2 heterocycles. The second-order valence-corrected chi connectivity index (χ2v) is 7.28. The van der Waals surface area contributed by atoms with Crippen LogP contribution in [-0.4, -0.2) is 34.8 Å². The molecule has 0 aliphatic heterocycles. The lowest BCUT2D eigenvalue weighted by atomic mass is 10.1. The monoisotopic (exact) mass is 396 g/mol. The average molecular weight is 396 g/mol. The Labute approximate surface area is 163 Å². The summed E-state index contributed by atoms with van der Waals surface area (Å²) in [4.78, 5) is 31.5. The molecule has 0 aliphatic rings. The highest BCUT2D eigenvalue weighted by Gasteiger charge is 2.15. The van der Waals surface area contributed by atoms with Crippen molar-refractivity contribution in [3.8, 4) is 22.9 Å². The van der Waals surface area contributed by atoms with Crippen LogP contribution in [0.3, 0.4) is 0 Å². The molecule has 8 heteroatoms. The van der Waals surface area contributed by atoms with E-state index >= 15 is 0 Å². The SMILES string of the molecule is COc1cc(-c2nc3sc4cc(C)ccc4c3c(=O)[nH]2)ccc1OCC(=O)O. The van der Waals surface area contributed by atoms with Gasteiger partial charge < -0.3 is 19.6 Å². The van der Waals surface area contributed by atoms with Gasteiger partial charge in [-0.15, -0.1) is 11.3 Å². The number of carbonyl (C=O) groups is 1. The third kappa shape index (κ3) is 3.18. The van der Waals surface area contributed by atoms with Crippen LogP contribution in [0.1, 0.15) is 5.56 Å². The lowest BCUT2D eigenvalue weighted by Gasteiger charge is -2.10. The minimum Gasteiger partial charge on any atom is -0.493 e. The lowest BCUT2D eigenvalue weighted by Crippen LogP contribution is -2.10. The second kappa shape index (κ2) is 6.97. The number of carboxylic acid groups (broad SMARTS) is 1. The van der Waals surface area contributed by atoms with Crippen molar-refractivity contribution in [1.82, 2.24) is 9.97 Å². The fourth-order valence-corrected chi connectivity index (χ4v) is 4.17. The van der Waals surface area contributed by atoms with E-state index in [1.165, 1.54) is 18.4 Å². The normalized spacial score (nSPS) is 11.1. The number of nitrogens with one attached hydrogen (secondary N) is 1. The van der Waals surface area contributed by atoms with Crippen LogP contribution in [-0.2, 0) is 4.79 Å². The molecule has 0 spiro atoms. The Hall–Kier alpha value is -3.39. The summed E-state index contributed by atoms with van der Waals surface area (Å²) in [5.41, 5.74) is 1.55. The summed E-state index contributed by atoms with van der Waals surface area (Å²) >= 11 is 1.47. The van der Waals surface area contributed by atoms with Gasteiger partial charge in [-0.3, -0.25) is 4.79 Å². The van der Waals surface area contributed by atoms with Crippen LogP contribution in [0.5, 0.6) is 11.5 Å². The number of nitrogens with zero attached hydrogens (tertiary/aromatic N) is 1. The van der Waals surface area contributed by atoms with Gasteiger partial charge in [0.05, 0.1) is 12.5 Å². The van der Waals surface area contributed by atoms with Crippen molar-refractivity contribution < 1.29 is 19.4 Å². The molecule has 7 nitrogen and oxygen atoms in total. The van der Waals surface area contributed by atoms with Gasteiger partial charge in [-0.25, -0.2) is 9.78 Å². The van der Waals surface area contributed by atoms with Gasteiger partial charge in [0, 0.05) is 15.6 Å². The number of aromatic amines is 1.